The molecule has 2 aromatic carbocycles. The maximum absolute atomic E-state index is 12.5. The second-order valence-corrected chi connectivity index (χ2v) is 7.18. The van der Waals surface area contributed by atoms with Crippen LogP contribution in [0.3, 0.4) is 0 Å². The van der Waals surface area contributed by atoms with Crippen LogP contribution in [0, 0.1) is 0 Å². The molecular weight excluding hydrogens is 402 g/mol. The second-order valence-electron chi connectivity index (χ2n) is 6.77. The van der Waals surface area contributed by atoms with Gasteiger partial charge in [0, 0.05) is 24.3 Å². The summed E-state index contributed by atoms with van der Waals surface area (Å²) >= 11 is 5.18. The standard InChI is InChI=1S/C22H25N3O4S/c1-2-16-3-9-19(10-4-16)29-15-20(26)24-22(30)23-18-7-5-17(6-8-18)21(27)25-11-13-28-14-12-25/h3-10H,2,11-15H2,1H3,(H2,23,24,26,30). The minimum Gasteiger partial charge on any atom is -0.484 e. The number of carbonyl (C=O) groups excluding carboxylic acids is 2. The average Bonchev–Trinajstić information content (AvgIpc) is 2.78. The molecule has 1 saturated heterocycles. The van der Waals surface area contributed by atoms with Crippen LogP contribution in [-0.2, 0) is 16.0 Å². The van der Waals surface area contributed by atoms with E-state index in [2.05, 4.69) is 17.6 Å². The third-order valence-corrected chi connectivity index (χ3v) is 4.85. The van der Waals surface area contributed by atoms with Crippen molar-refractivity contribution >= 4 is 34.8 Å². The highest BCUT2D eigenvalue weighted by Crippen LogP contribution is 2.13. The number of anilines is 1. The number of carbonyl (C=O) groups is 2. The van der Waals surface area contributed by atoms with Gasteiger partial charge in [-0.05, 0) is 60.6 Å². The molecule has 0 aromatic heterocycles. The first kappa shape index (κ1) is 21.7. The Kier molecular flexibility index (Phi) is 7.75. The quantitative estimate of drug-likeness (QED) is 0.690. The van der Waals surface area contributed by atoms with E-state index in [4.69, 9.17) is 21.7 Å². The lowest BCUT2D eigenvalue weighted by Gasteiger charge is -2.26. The summed E-state index contributed by atoms with van der Waals surface area (Å²) in [6.45, 7) is 4.26. The Labute approximate surface area is 181 Å². The van der Waals surface area contributed by atoms with Crippen LogP contribution in [0.2, 0.25) is 0 Å². The molecule has 0 spiro atoms. The topological polar surface area (TPSA) is 79.9 Å². The predicted molar refractivity (Wildman–Crippen MR) is 119 cm³/mol. The molecule has 2 aromatic rings. The first-order chi connectivity index (χ1) is 14.5. The molecular formula is C22H25N3O4S. The summed E-state index contributed by atoms with van der Waals surface area (Å²) in [4.78, 5) is 26.3. The van der Waals surface area contributed by atoms with Crippen molar-refractivity contribution in [3.63, 3.8) is 0 Å². The Morgan fingerprint density at radius 1 is 1.07 bits per heavy atom. The molecule has 0 unspecified atom stereocenters. The normalized spacial score (nSPS) is 13.4. The second kappa shape index (κ2) is 10.7. The molecule has 1 heterocycles. The van der Waals surface area contributed by atoms with E-state index in [1.807, 2.05) is 24.3 Å². The van der Waals surface area contributed by atoms with Gasteiger partial charge in [0.15, 0.2) is 11.7 Å². The lowest BCUT2D eigenvalue weighted by Crippen LogP contribution is -2.40. The number of benzene rings is 2. The maximum Gasteiger partial charge on any atom is 0.264 e. The van der Waals surface area contributed by atoms with Gasteiger partial charge >= 0.3 is 0 Å². The number of nitrogens with zero attached hydrogens (tertiary/aromatic N) is 1. The molecule has 0 atom stereocenters. The van der Waals surface area contributed by atoms with Gasteiger partial charge < -0.3 is 19.7 Å². The van der Waals surface area contributed by atoms with Crippen LogP contribution < -0.4 is 15.4 Å². The van der Waals surface area contributed by atoms with Crippen molar-refractivity contribution in [1.82, 2.24) is 10.2 Å². The minimum absolute atomic E-state index is 0.0233. The predicted octanol–water partition coefficient (Wildman–Crippen LogP) is 2.61. The SMILES string of the molecule is CCc1ccc(OCC(=O)NC(=S)Nc2ccc(C(=O)N3CCOCC3)cc2)cc1. The molecule has 1 aliphatic heterocycles. The Morgan fingerprint density at radius 3 is 2.37 bits per heavy atom. The van der Waals surface area contributed by atoms with Gasteiger partial charge in [-0.25, -0.2) is 0 Å². The average molecular weight is 428 g/mol. The number of amides is 2. The van der Waals surface area contributed by atoms with Gasteiger partial charge in [-0.15, -0.1) is 0 Å². The molecule has 0 radical (unpaired) electrons. The highest BCUT2D eigenvalue weighted by Gasteiger charge is 2.18. The molecule has 0 saturated carbocycles. The van der Waals surface area contributed by atoms with Crippen molar-refractivity contribution in [3.05, 3.63) is 59.7 Å². The van der Waals surface area contributed by atoms with Crippen molar-refractivity contribution in [2.45, 2.75) is 13.3 Å². The van der Waals surface area contributed by atoms with Crippen molar-refractivity contribution in [1.29, 1.82) is 0 Å². The molecule has 7 nitrogen and oxygen atoms in total. The van der Waals surface area contributed by atoms with Crippen LogP contribution >= 0.6 is 12.2 Å². The van der Waals surface area contributed by atoms with E-state index >= 15 is 0 Å². The Hall–Kier alpha value is -2.97. The fourth-order valence-corrected chi connectivity index (χ4v) is 3.17. The van der Waals surface area contributed by atoms with Crippen LogP contribution in [-0.4, -0.2) is 54.7 Å². The zero-order valence-electron chi connectivity index (χ0n) is 16.8. The van der Waals surface area contributed by atoms with E-state index in [-0.39, 0.29) is 23.5 Å². The summed E-state index contributed by atoms with van der Waals surface area (Å²) in [6.07, 6.45) is 0.947. The molecule has 2 N–H and O–H groups in total. The number of morpholine rings is 1. The molecule has 8 heteroatoms. The van der Waals surface area contributed by atoms with Crippen molar-refractivity contribution < 1.29 is 19.1 Å². The first-order valence-electron chi connectivity index (χ1n) is 9.85. The van der Waals surface area contributed by atoms with Crippen LogP contribution in [0.4, 0.5) is 5.69 Å². The summed E-state index contributed by atoms with van der Waals surface area (Å²) in [5, 5.41) is 5.67. The molecule has 0 bridgehead atoms. The molecule has 2 amide bonds. The summed E-state index contributed by atoms with van der Waals surface area (Å²) in [7, 11) is 0. The number of rotatable bonds is 6. The maximum atomic E-state index is 12.5. The molecule has 30 heavy (non-hydrogen) atoms. The minimum atomic E-state index is -0.355. The largest absolute Gasteiger partial charge is 0.484 e. The highest BCUT2D eigenvalue weighted by molar-refractivity contribution is 7.80. The Bertz CT molecular complexity index is 878. The van der Waals surface area contributed by atoms with Crippen LogP contribution in [0.15, 0.2) is 48.5 Å². The van der Waals surface area contributed by atoms with Crippen molar-refractivity contribution in [2.24, 2.45) is 0 Å². The lowest BCUT2D eigenvalue weighted by molar-refractivity contribution is -0.121. The first-order valence-corrected chi connectivity index (χ1v) is 10.3. The number of hydrogen-bond donors (Lipinski definition) is 2. The van der Waals surface area contributed by atoms with E-state index < -0.39 is 0 Å². The van der Waals surface area contributed by atoms with Gasteiger partial charge in [0.1, 0.15) is 5.75 Å². The number of thiocarbonyl (C=S) groups is 1. The zero-order valence-corrected chi connectivity index (χ0v) is 17.7. The van der Waals surface area contributed by atoms with E-state index in [0.717, 1.165) is 6.42 Å². The van der Waals surface area contributed by atoms with Crippen molar-refractivity contribution in [2.75, 3.05) is 38.2 Å². The fraction of sp³-hybridized carbons (Fsp3) is 0.318. The summed E-state index contributed by atoms with van der Waals surface area (Å²) < 4.78 is 10.7. The number of ether oxygens (including phenoxy) is 2. The summed E-state index contributed by atoms with van der Waals surface area (Å²) in [5.41, 5.74) is 2.48. The lowest BCUT2D eigenvalue weighted by atomic mass is 10.1. The fourth-order valence-electron chi connectivity index (χ4n) is 2.94. The van der Waals surface area contributed by atoms with Crippen LogP contribution in [0.5, 0.6) is 5.75 Å². The van der Waals surface area contributed by atoms with Gasteiger partial charge in [0.25, 0.3) is 11.8 Å². The number of nitrogens with one attached hydrogen (secondary N) is 2. The van der Waals surface area contributed by atoms with E-state index in [9.17, 15) is 9.59 Å². The Morgan fingerprint density at radius 2 is 1.73 bits per heavy atom. The Balaban J connectivity index is 1.44. The van der Waals surface area contributed by atoms with Gasteiger partial charge in [-0.2, -0.15) is 0 Å². The van der Waals surface area contributed by atoms with Crippen LogP contribution in [0.1, 0.15) is 22.8 Å². The van der Waals surface area contributed by atoms with Crippen molar-refractivity contribution in [3.8, 4) is 5.75 Å². The van der Waals surface area contributed by atoms with Crippen LogP contribution in [0.25, 0.3) is 0 Å². The molecule has 158 valence electrons. The third kappa shape index (κ3) is 6.27. The van der Waals surface area contributed by atoms with Gasteiger partial charge in [0.2, 0.25) is 0 Å². The van der Waals surface area contributed by atoms with E-state index in [1.54, 1.807) is 29.2 Å². The number of aryl methyl sites for hydroxylation is 1. The van der Waals surface area contributed by atoms with E-state index in [0.29, 0.717) is 43.3 Å². The zero-order chi connectivity index (χ0) is 21.3. The monoisotopic (exact) mass is 427 g/mol. The molecule has 1 fully saturated rings. The molecule has 0 aliphatic carbocycles. The molecule has 1 aliphatic rings. The highest BCUT2D eigenvalue weighted by atomic mass is 32.1. The van der Waals surface area contributed by atoms with Gasteiger partial charge in [-0.1, -0.05) is 19.1 Å². The third-order valence-electron chi connectivity index (χ3n) is 4.64. The van der Waals surface area contributed by atoms with Gasteiger partial charge in [-0.3, -0.25) is 14.9 Å². The number of hydrogen-bond acceptors (Lipinski definition) is 5. The van der Waals surface area contributed by atoms with E-state index in [1.165, 1.54) is 5.56 Å². The molecule has 3 rings (SSSR count). The summed E-state index contributed by atoms with van der Waals surface area (Å²) in [5.74, 6) is 0.248. The van der Waals surface area contributed by atoms with Gasteiger partial charge in [0.05, 0.1) is 13.2 Å². The smallest absolute Gasteiger partial charge is 0.264 e. The summed E-state index contributed by atoms with van der Waals surface area (Å²) in [6, 6.07) is 14.6.